The molecule has 1 heterocycles. The first-order valence-corrected chi connectivity index (χ1v) is 7.81. The van der Waals surface area contributed by atoms with Crippen molar-refractivity contribution in [2.75, 3.05) is 5.75 Å². The minimum atomic E-state index is -3.90. The second kappa shape index (κ2) is 4.90. The second-order valence-electron chi connectivity index (χ2n) is 5.00. The summed E-state index contributed by atoms with van der Waals surface area (Å²) >= 11 is 0. The minimum Gasteiger partial charge on any atom is -0.286 e. The molecule has 4 nitrogen and oxygen atoms in total. The molecule has 1 N–H and O–H groups in total. The van der Waals surface area contributed by atoms with Gasteiger partial charge < -0.3 is 0 Å². The molecule has 2 rings (SSSR count). The first-order valence-electron chi connectivity index (χ1n) is 6.20. The van der Waals surface area contributed by atoms with Crippen molar-refractivity contribution in [2.45, 2.75) is 44.1 Å². The Balaban J connectivity index is 2.09. The van der Waals surface area contributed by atoms with Crippen molar-refractivity contribution in [2.24, 2.45) is 10.9 Å². The van der Waals surface area contributed by atoms with E-state index in [2.05, 4.69) is 4.99 Å². The van der Waals surface area contributed by atoms with E-state index in [9.17, 15) is 8.42 Å². The summed E-state index contributed by atoms with van der Waals surface area (Å²) in [5.74, 6) is 0.221. The van der Waals surface area contributed by atoms with Crippen LogP contribution in [0.5, 0.6) is 0 Å². The van der Waals surface area contributed by atoms with Gasteiger partial charge in [0.15, 0.2) is 0 Å². The third-order valence-electron chi connectivity index (χ3n) is 3.86. The van der Waals surface area contributed by atoms with E-state index in [1.165, 1.54) is 19.3 Å². The lowest BCUT2D eigenvalue weighted by molar-refractivity contribution is 0.247. The lowest BCUT2D eigenvalue weighted by Crippen LogP contribution is -2.36. The first kappa shape index (κ1) is 12.8. The summed E-state index contributed by atoms with van der Waals surface area (Å²) < 4.78 is 30.7. The highest BCUT2D eigenvalue weighted by Crippen LogP contribution is 2.40. The predicted octanol–water partition coefficient (Wildman–Crippen LogP) is 2.22. The number of allylic oxidation sites excluding steroid dienone is 1. The molecule has 1 atom stereocenters. The Bertz CT molecular complexity index is 407. The summed E-state index contributed by atoms with van der Waals surface area (Å²) in [6, 6.07) is 0. The van der Waals surface area contributed by atoms with Crippen molar-refractivity contribution in [3.05, 3.63) is 12.2 Å². The van der Waals surface area contributed by atoms with Gasteiger partial charge in [0.05, 0.1) is 11.3 Å². The summed E-state index contributed by atoms with van der Waals surface area (Å²) in [5.41, 5.74) is -0.379. The van der Waals surface area contributed by atoms with Crippen LogP contribution in [0.4, 0.5) is 0 Å². The van der Waals surface area contributed by atoms with Gasteiger partial charge in [0.2, 0.25) is 0 Å². The van der Waals surface area contributed by atoms with Crippen LogP contribution in [0.25, 0.3) is 0 Å². The zero-order valence-corrected chi connectivity index (χ0v) is 10.7. The normalized spacial score (nSPS) is 29.9. The number of nitrogens with zero attached hydrogens (tertiary/aromatic N) is 1. The summed E-state index contributed by atoms with van der Waals surface area (Å²) in [6.45, 7) is 0. The molecule has 0 saturated heterocycles. The molecule has 1 aliphatic carbocycles. The fourth-order valence-electron chi connectivity index (χ4n) is 2.92. The molecule has 1 fully saturated rings. The van der Waals surface area contributed by atoms with Crippen molar-refractivity contribution >= 4 is 16.3 Å². The van der Waals surface area contributed by atoms with E-state index in [1.54, 1.807) is 6.21 Å². The molecule has 0 bridgehead atoms. The Kier molecular flexibility index (Phi) is 3.68. The minimum absolute atomic E-state index is 0.203. The predicted molar refractivity (Wildman–Crippen MR) is 68.0 cm³/mol. The van der Waals surface area contributed by atoms with Gasteiger partial charge in [0.25, 0.3) is 10.1 Å². The highest BCUT2D eigenvalue weighted by molar-refractivity contribution is 7.85. The molecule has 5 heteroatoms. The zero-order valence-electron chi connectivity index (χ0n) is 9.88. The van der Waals surface area contributed by atoms with Crippen LogP contribution in [-0.4, -0.2) is 30.5 Å². The number of hydrogen-bond donors (Lipinski definition) is 1. The molecule has 96 valence electrons. The van der Waals surface area contributed by atoms with Gasteiger partial charge in [0, 0.05) is 6.21 Å². The Hall–Kier alpha value is -0.680. The third-order valence-corrected chi connectivity index (χ3v) is 4.58. The third kappa shape index (κ3) is 3.16. The van der Waals surface area contributed by atoms with E-state index in [-0.39, 0.29) is 11.3 Å². The van der Waals surface area contributed by atoms with Gasteiger partial charge in [-0.15, -0.1) is 0 Å². The fourth-order valence-corrected chi connectivity index (χ4v) is 3.51. The lowest BCUT2D eigenvalue weighted by Gasteiger charge is -2.36. The van der Waals surface area contributed by atoms with E-state index < -0.39 is 10.1 Å². The summed E-state index contributed by atoms with van der Waals surface area (Å²) in [5, 5.41) is 0. The molecule has 1 saturated carbocycles. The van der Waals surface area contributed by atoms with Gasteiger partial charge >= 0.3 is 0 Å². The van der Waals surface area contributed by atoms with Crippen LogP contribution < -0.4 is 0 Å². The molecule has 0 aromatic heterocycles. The highest BCUT2D eigenvalue weighted by atomic mass is 32.2. The molecule has 1 unspecified atom stereocenters. The van der Waals surface area contributed by atoms with Crippen LogP contribution in [-0.2, 0) is 10.1 Å². The first-order chi connectivity index (χ1) is 8.02. The van der Waals surface area contributed by atoms with Gasteiger partial charge in [-0.25, -0.2) is 0 Å². The van der Waals surface area contributed by atoms with E-state index in [4.69, 9.17) is 4.55 Å². The number of rotatable bonds is 4. The number of hydrogen-bond acceptors (Lipinski definition) is 3. The molecule has 17 heavy (non-hydrogen) atoms. The Labute approximate surface area is 103 Å². The van der Waals surface area contributed by atoms with Gasteiger partial charge in [0.1, 0.15) is 0 Å². The van der Waals surface area contributed by atoms with Crippen LogP contribution in [0.15, 0.2) is 17.1 Å². The van der Waals surface area contributed by atoms with E-state index in [0.29, 0.717) is 12.3 Å². The van der Waals surface area contributed by atoms with Crippen molar-refractivity contribution in [1.82, 2.24) is 0 Å². The standard InChI is InChI=1S/C12H19NO3S/c14-17(15,16)10-8-12(7-4-9-13-12)11-5-2-1-3-6-11/h4,7,9,11H,1-3,5-6,8,10H2,(H,14,15,16). The molecule has 0 amide bonds. The molecule has 2 aliphatic rings. The van der Waals surface area contributed by atoms with Crippen LogP contribution in [0.1, 0.15) is 38.5 Å². The van der Waals surface area contributed by atoms with Gasteiger partial charge in [-0.2, -0.15) is 8.42 Å². The second-order valence-corrected chi connectivity index (χ2v) is 6.57. The molecule has 0 aromatic rings. The molecule has 0 radical (unpaired) electrons. The van der Waals surface area contributed by atoms with Crippen molar-refractivity contribution in [1.29, 1.82) is 0 Å². The van der Waals surface area contributed by atoms with E-state index in [1.807, 2.05) is 12.2 Å². The molecule has 0 aromatic carbocycles. The Morgan fingerprint density at radius 3 is 2.53 bits per heavy atom. The average Bonchev–Trinajstić information content (AvgIpc) is 2.77. The molecular weight excluding hydrogens is 238 g/mol. The van der Waals surface area contributed by atoms with Crippen LogP contribution in [0, 0.1) is 5.92 Å². The highest BCUT2D eigenvalue weighted by Gasteiger charge is 2.38. The van der Waals surface area contributed by atoms with E-state index in [0.717, 1.165) is 12.8 Å². The van der Waals surface area contributed by atoms with E-state index >= 15 is 0 Å². The van der Waals surface area contributed by atoms with Gasteiger partial charge in [-0.3, -0.25) is 9.55 Å². The Morgan fingerprint density at radius 2 is 2.00 bits per heavy atom. The average molecular weight is 257 g/mol. The zero-order chi connectivity index (χ0) is 12.4. The smallest absolute Gasteiger partial charge is 0.264 e. The maximum Gasteiger partial charge on any atom is 0.264 e. The largest absolute Gasteiger partial charge is 0.286 e. The number of aliphatic imine (C=N–C) groups is 1. The maximum absolute atomic E-state index is 10.9. The Morgan fingerprint density at radius 1 is 1.29 bits per heavy atom. The quantitative estimate of drug-likeness (QED) is 0.785. The SMILES string of the molecule is O=S(=O)(O)CCC1(C2CCCCC2)C=CC=N1. The molecule has 1 aliphatic heterocycles. The molecular formula is C12H19NO3S. The van der Waals surface area contributed by atoms with Crippen LogP contribution in [0.3, 0.4) is 0 Å². The van der Waals surface area contributed by atoms with Crippen molar-refractivity contribution in [3.63, 3.8) is 0 Å². The van der Waals surface area contributed by atoms with Crippen molar-refractivity contribution < 1.29 is 13.0 Å². The molecule has 0 spiro atoms. The summed E-state index contributed by atoms with van der Waals surface area (Å²) in [7, 11) is -3.90. The maximum atomic E-state index is 10.9. The fraction of sp³-hybridized carbons (Fsp3) is 0.750. The lowest BCUT2D eigenvalue weighted by atomic mass is 9.74. The summed E-state index contributed by atoms with van der Waals surface area (Å²) in [4.78, 5) is 4.48. The van der Waals surface area contributed by atoms with Gasteiger partial charge in [-0.1, -0.05) is 25.3 Å². The summed E-state index contributed by atoms with van der Waals surface area (Å²) in [6.07, 6.45) is 11.9. The van der Waals surface area contributed by atoms with Crippen LogP contribution in [0.2, 0.25) is 0 Å². The topological polar surface area (TPSA) is 66.7 Å². The van der Waals surface area contributed by atoms with Crippen molar-refractivity contribution in [3.8, 4) is 0 Å². The van der Waals surface area contributed by atoms with Gasteiger partial charge in [-0.05, 0) is 31.3 Å². The van der Waals surface area contributed by atoms with Crippen LogP contribution >= 0.6 is 0 Å². The monoisotopic (exact) mass is 257 g/mol.